The number of halogens is 6. The number of imidazole rings is 1. The van der Waals surface area contributed by atoms with Crippen LogP contribution in [0.25, 0.3) is 28.0 Å². The summed E-state index contributed by atoms with van der Waals surface area (Å²) in [5.74, 6) is -5.04. The molecule has 9 nitrogen and oxygen atoms in total. The second kappa shape index (κ2) is 10.6. The SMILES string of the molecule is O=C(c1cc(-c2cccnc2)n(-c2ccc(OC(F)(F)F)c(F)c2)n1)N1CCC(n2c(=O)[nH]c3ccc(F)c(F)c32)CC1. The molecule has 0 saturated carbocycles. The summed E-state index contributed by atoms with van der Waals surface area (Å²) in [6.45, 7) is 0.319. The molecule has 3 aromatic heterocycles. The molecule has 0 bridgehead atoms. The Morgan fingerprint density at radius 2 is 1.77 bits per heavy atom. The van der Waals surface area contributed by atoms with Gasteiger partial charge in [-0.05, 0) is 55.3 Å². The van der Waals surface area contributed by atoms with E-state index in [0.717, 1.165) is 24.3 Å². The topological polar surface area (TPSA) is 98.0 Å². The standard InChI is InChI=1S/C28H20F6N6O3/c29-18-4-5-20-25(24(18)31)39(27(42)36-20)16-7-10-38(11-8-16)26(41)21-13-22(15-2-1-9-35-14-15)40(37-21)17-3-6-23(19(30)12-17)43-28(32,33)34/h1-6,9,12-14,16H,7-8,10-11H2,(H,36,42). The molecular weight excluding hydrogens is 582 g/mol. The zero-order valence-electron chi connectivity index (χ0n) is 21.9. The summed E-state index contributed by atoms with van der Waals surface area (Å²) in [7, 11) is 0. The van der Waals surface area contributed by atoms with Crippen molar-refractivity contribution in [2.24, 2.45) is 0 Å². The number of hydrogen-bond acceptors (Lipinski definition) is 5. The van der Waals surface area contributed by atoms with Crippen LogP contribution in [0.15, 0.2) is 65.7 Å². The maximum Gasteiger partial charge on any atom is 0.573 e. The van der Waals surface area contributed by atoms with E-state index < -0.39 is 47.2 Å². The Hall–Kier alpha value is -5.08. The number of H-pyrrole nitrogens is 1. The van der Waals surface area contributed by atoms with Gasteiger partial charge in [-0.3, -0.25) is 14.3 Å². The van der Waals surface area contributed by atoms with Crippen LogP contribution in [0.3, 0.4) is 0 Å². The first-order chi connectivity index (χ1) is 20.5. The molecule has 222 valence electrons. The summed E-state index contributed by atoms with van der Waals surface area (Å²) in [5.41, 5.74) is 0.194. The third kappa shape index (κ3) is 5.33. The van der Waals surface area contributed by atoms with Crippen molar-refractivity contribution in [3.8, 4) is 22.7 Å². The first-order valence-corrected chi connectivity index (χ1v) is 12.9. The molecule has 0 spiro atoms. The Bertz CT molecular complexity index is 1890. The highest BCUT2D eigenvalue weighted by atomic mass is 19.4. The van der Waals surface area contributed by atoms with Crippen LogP contribution in [0.4, 0.5) is 26.3 Å². The van der Waals surface area contributed by atoms with Crippen molar-refractivity contribution < 1.29 is 35.9 Å². The van der Waals surface area contributed by atoms with Gasteiger partial charge in [0.15, 0.2) is 28.9 Å². The Kier molecular flexibility index (Phi) is 6.94. The van der Waals surface area contributed by atoms with Gasteiger partial charge >= 0.3 is 12.1 Å². The van der Waals surface area contributed by atoms with E-state index in [1.807, 2.05) is 0 Å². The normalized spacial score (nSPS) is 14.4. The molecular formula is C28H20F6N6O3. The van der Waals surface area contributed by atoms with E-state index in [0.29, 0.717) is 11.3 Å². The van der Waals surface area contributed by atoms with Crippen LogP contribution in [-0.4, -0.2) is 54.6 Å². The number of piperidine rings is 1. The number of nitrogens with one attached hydrogen (secondary N) is 1. The molecule has 0 radical (unpaired) electrons. The number of pyridine rings is 1. The quantitative estimate of drug-likeness (QED) is 0.273. The van der Waals surface area contributed by atoms with Crippen LogP contribution in [0.2, 0.25) is 0 Å². The number of nitrogens with zero attached hydrogens (tertiary/aromatic N) is 5. The van der Waals surface area contributed by atoms with E-state index >= 15 is 0 Å². The van der Waals surface area contributed by atoms with Gasteiger partial charge in [-0.2, -0.15) is 5.10 Å². The molecule has 15 heteroatoms. The van der Waals surface area contributed by atoms with E-state index in [9.17, 15) is 35.9 Å². The fraction of sp³-hybridized carbons (Fsp3) is 0.214. The summed E-state index contributed by atoms with van der Waals surface area (Å²) < 4.78 is 87.0. The van der Waals surface area contributed by atoms with Crippen molar-refractivity contribution in [3.63, 3.8) is 0 Å². The summed E-state index contributed by atoms with van der Waals surface area (Å²) in [5, 5.41) is 4.34. The zero-order valence-corrected chi connectivity index (χ0v) is 21.9. The summed E-state index contributed by atoms with van der Waals surface area (Å²) >= 11 is 0. The van der Waals surface area contributed by atoms with E-state index in [4.69, 9.17) is 0 Å². The molecule has 43 heavy (non-hydrogen) atoms. The Labute approximate surface area is 237 Å². The predicted molar refractivity (Wildman–Crippen MR) is 140 cm³/mol. The van der Waals surface area contributed by atoms with Gasteiger partial charge in [0.05, 0.1) is 16.9 Å². The van der Waals surface area contributed by atoms with E-state index in [2.05, 4.69) is 19.8 Å². The van der Waals surface area contributed by atoms with E-state index in [1.165, 1.54) is 38.7 Å². The van der Waals surface area contributed by atoms with Gasteiger partial charge in [-0.15, -0.1) is 13.2 Å². The van der Waals surface area contributed by atoms with E-state index in [1.54, 1.807) is 12.1 Å². The smallest absolute Gasteiger partial charge is 0.403 e. The second-order valence-electron chi connectivity index (χ2n) is 9.81. The fourth-order valence-corrected chi connectivity index (χ4v) is 5.22. The number of likely N-dealkylation sites (tertiary alicyclic amines) is 1. The third-order valence-electron chi connectivity index (χ3n) is 7.16. The van der Waals surface area contributed by atoms with Gasteiger partial charge < -0.3 is 14.6 Å². The number of aromatic amines is 1. The van der Waals surface area contributed by atoms with Crippen molar-refractivity contribution >= 4 is 16.9 Å². The number of hydrogen-bond donors (Lipinski definition) is 1. The van der Waals surface area contributed by atoms with Crippen LogP contribution in [0.1, 0.15) is 29.4 Å². The summed E-state index contributed by atoms with van der Waals surface area (Å²) in [6, 6.07) is 9.21. The Morgan fingerprint density at radius 3 is 2.44 bits per heavy atom. The highest BCUT2D eigenvalue weighted by molar-refractivity contribution is 5.93. The third-order valence-corrected chi connectivity index (χ3v) is 7.16. The molecule has 2 aromatic carbocycles. The van der Waals surface area contributed by atoms with Crippen molar-refractivity contribution in [2.75, 3.05) is 13.1 Å². The van der Waals surface area contributed by atoms with E-state index in [-0.39, 0.29) is 48.3 Å². The number of amides is 1. The van der Waals surface area contributed by atoms with Crippen molar-refractivity contribution in [3.05, 3.63) is 94.6 Å². The van der Waals surface area contributed by atoms with Gasteiger partial charge in [0.25, 0.3) is 5.91 Å². The van der Waals surface area contributed by atoms with Gasteiger partial charge in [0.2, 0.25) is 0 Å². The molecule has 1 amide bonds. The minimum atomic E-state index is -5.09. The van der Waals surface area contributed by atoms with Gasteiger partial charge in [0, 0.05) is 43.2 Å². The fourth-order valence-electron chi connectivity index (χ4n) is 5.22. The average molecular weight is 602 g/mol. The van der Waals surface area contributed by atoms with Gasteiger partial charge in [0.1, 0.15) is 5.52 Å². The van der Waals surface area contributed by atoms with Crippen LogP contribution >= 0.6 is 0 Å². The number of fused-ring (bicyclic) bond motifs is 1. The number of ether oxygens (including phenoxy) is 1. The minimum absolute atomic E-state index is 0.0246. The lowest BCUT2D eigenvalue weighted by Crippen LogP contribution is -2.40. The molecule has 1 fully saturated rings. The number of carbonyl (C=O) groups is 1. The highest BCUT2D eigenvalue weighted by Crippen LogP contribution is 2.31. The van der Waals surface area contributed by atoms with Crippen LogP contribution in [0.5, 0.6) is 5.75 Å². The largest absolute Gasteiger partial charge is 0.573 e. The molecule has 0 atom stereocenters. The molecule has 1 N–H and O–H groups in total. The minimum Gasteiger partial charge on any atom is -0.403 e. The van der Waals surface area contributed by atoms with Crippen molar-refractivity contribution in [1.82, 2.24) is 29.2 Å². The summed E-state index contributed by atoms with van der Waals surface area (Å²) in [4.78, 5) is 34.2. The Morgan fingerprint density at radius 1 is 1.00 bits per heavy atom. The molecule has 0 aliphatic carbocycles. The number of aromatic nitrogens is 5. The first-order valence-electron chi connectivity index (χ1n) is 12.9. The number of benzene rings is 2. The van der Waals surface area contributed by atoms with Gasteiger partial charge in [-0.1, -0.05) is 0 Å². The Balaban J connectivity index is 1.28. The molecule has 1 saturated heterocycles. The summed E-state index contributed by atoms with van der Waals surface area (Å²) in [6.07, 6.45) is -1.57. The monoisotopic (exact) mass is 602 g/mol. The maximum atomic E-state index is 14.6. The lowest BCUT2D eigenvalue weighted by atomic mass is 10.0. The van der Waals surface area contributed by atoms with Crippen LogP contribution in [0, 0.1) is 17.5 Å². The first kappa shape index (κ1) is 28.1. The lowest BCUT2D eigenvalue weighted by molar-refractivity contribution is -0.275. The van der Waals surface area contributed by atoms with Crippen LogP contribution in [-0.2, 0) is 0 Å². The molecule has 1 aliphatic heterocycles. The highest BCUT2D eigenvalue weighted by Gasteiger charge is 2.33. The zero-order chi connectivity index (χ0) is 30.5. The number of alkyl halides is 3. The van der Waals surface area contributed by atoms with Crippen molar-refractivity contribution in [2.45, 2.75) is 25.2 Å². The molecule has 0 unspecified atom stereocenters. The van der Waals surface area contributed by atoms with Crippen molar-refractivity contribution in [1.29, 1.82) is 0 Å². The molecule has 4 heterocycles. The lowest BCUT2D eigenvalue weighted by Gasteiger charge is -2.32. The predicted octanol–water partition coefficient (Wildman–Crippen LogP) is 5.37. The second-order valence-corrected chi connectivity index (χ2v) is 9.81. The molecule has 5 aromatic rings. The maximum absolute atomic E-state index is 14.6. The number of carbonyl (C=O) groups excluding carboxylic acids is 1. The van der Waals surface area contributed by atoms with Gasteiger partial charge in [-0.25, -0.2) is 22.6 Å². The average Bonchev–Trinajstić information content (AvgIpc) is 3.57. The number of rotatable bonds is 5. The molecule has 1 aliphatic rings. The molecule has 6 rings (SSSR count). The van der Waals surface area contributed by atoms with Crippen LogP contribution < -0.4 is 10.4 Å².